The van der Waals surface area contributed by atoms with Gasteiger partial charge in [0.15, 0.2) is 0 Å². The number of carbonyl (C=O) groups is 1. The summed E-state index contributed by atoms with van der Waals surface area (Å²) >= 11 is 0. The first-order chi connectivity index (χ1) is 12.0. The van der Waals surface area contributed by atoms with E-state index in [0.717, 1.165) is 16.9 Å². The molecule has 0 fully saturated rings. The largest absolute Gasteiger partial charge is 0.494 e. The fourth-order valence-electron chi connectivity index (χ4n) is 2.20. The van der Waals surface area contributed by atoms with Gasteiger partial charge in [-0.05, 0) is 30.7 Å². The summed E-state index contributed by atoms with van der Waals surface area (Å²) in [5.41, 5.74) is 1.81. The summed E-state index contributed by atoms with van der Waals surface area (Å²) < 4.78 is 5.49. The normalized spacial score (nSPS) is 10.7. The lowest BCUT2D eigenvalue weighted by Crippen LogP contribution is -2.24. The van der Waals surface area contributed by atoms with Crippen molar-refractivity contribution in [2.45, 2.75) is 13.5 Å². The van der Waals surface area contributed by atoms with Crippen LogP contribution in [0.1, 0.15) is 18.1 Å². The van der Waals surface area contributed by atoms with Gasteiger partial charge in [-0.3, -0.25) is 4.79 Å². The van der Waals surface area contributed by atoms with Gasteiger partial charge >= 0.3 is 0 Å². The lowest BCUT2D eigenvalue weighted by atomic mass is 10.2. The summed E-state index contributed by atoms with van der Waals surface area (Å²) in [6, 6.07) is 7.76. The first-order valence-electron chi connectivity index (χ1n) is 8.14. The average Bonchev–Trinajstić information content (AvgIpc) is 2.60. The van der Waals surface area contributed by atoms with Crippen molar-refractivity contribution in [2.75, 3.05) is 32.6 Å². The van der Waals surface area contributed by atoms with Crippen LogP contribution in [-0.4, -0.2) is 48.5 Å². The molecule has 0 aliphatic heterocycles. The molecule has 0 atom stereocenters. The highest BCUT2D eigenvalue weighted by molar-refractivity contribution is 5.91. The molecular weight excluding hydrogens is 316 g/mol. The highest BCUT2D eigenvalue weighted by Crippen LogP contribution is 2.15. The second kappa shape index (κ2) is 8.82. The second-order valence-corrected chi connectivity index (χ2v) is 5.82. The van der Waals surface area contributed by atoms with Crippen molar-refractivity contribution in [3.05, 3.63) is 53.9 Å². The van der Waals surface area contributed by atoms with Crippen molar-refractivity contribution < 1.29 is 9.53 Å². The molecule has 25 heavy (non-hydrogen) atoms. The van der Waals surface area contributed by atoms with Crippen LogP contribution < -0.4 is 9.64 Å². The fraction of sp³-hybridized carbons (Fsp3) is 0.316. The van der Waals surface area contributed by atoms with E-state index in [2.05, 4.69) is 9.97 Å². The van der Waals surface area contributed by atoms with E-state index in [4.69, 9.17) is 4.74 Å². The van der Waals surface area contributed by atoms with E-state index in [1.54, 1.807) is 30.4 Å². The first kappa shape index (κ1) is 18.4. The Balaban J connectivity index is 1.96. The van der Waals surface area contributed by atoms with Gasteiger partial charge in [-0.25, -0.2) is 9.97 Å². The molecule has 0 radical (unpaired) electrons. The van der Waals surface area contributed by atoms with Crippen LogP contribution in [0.5, 0.6) is 5.75 Å². The minimum absolute atomic E-state index is 0.0847. The van der Waals surface area contributed by atoms with E-state index in [0.29, 0.717) is 19.1 Å². The minimum atomic E-state index is -0.0847. The molecule has 1 heterocycles. The number of likely N-dealkylation sites (N-methyl/N-ethyl adjacent to an activating group) is 1. The Hall–Kier alpha value is -2.89. The Kier molecular flexibility index (Phi) is 6.51. The smallest absolute Gasteiger partial charge is 0.246 e. The molecule has 1 aromatic carbocycles. The Bertz CT molecular complexity index is 726. The molecule has 0 saturated heterocycles. The van der Waals surface area contributed by atoms with Gasteiger partial charge in [-0.1, -0.05) is 12.1 Å². The Morgan fingerprint density at radius 2 is 1.92 bits per heavy atom. The maximum Gasteiger partial charge on any atom is 0.246 e. The van der Waals surface area contributed by atoms with Gasteiger partial charge in [0.1, 0.15) is 5.75 Å². The van der Waals surface area contributed by atoms with E-state index in [9.17, 15) is 4.79 Å². The summed E-state index contributed by atoms with van der Waals surface area (Å²) in [5.74, 6) is 1.36. The minimum Gasteiger partial charge on any atom is -0.494 e. The molecule has 6 nitrogen and oxygen atoms in total. The molecule has 132 valence electrons. The highest BCUT2D eigenvalue weighted by atomic mass is 16.5. The van der Waals surface area contributed by atoms with Gasteiger partial charge < -0.3 is 14.5 Å². The number of benzene rings is 1. The topological polar surface area (TPSA) is 58.6 Å². The summed E-state index contributed by atoms with van der Waals surface area (Å²) in [4.78, 5) is 24.2. The number of carbonyl (C=O) groups excluding carboxylic acids is 1. The predicted molar refractivity (Wildman–Crippen MR) is 99.5 cm³/mol. The van der Waals surface area contributed by atoms with Gasteiger partial charge in [0, 0.05) is 51.7 Å². The fourth-order valence-corrected chi connectivity index (χ4v) is 2.20. The number of aromatic nitrogens is 2. The van der Waals surface area contributed by atoms with Gasteiger partial charge in [-0.15, -0.1) is 0 Å². The lowest BCUT2D eigenvalue weighted by Gasteiger charge is -2.16. The first-order valence-corrected chi connectivity index (χ1v) is 8.14. The number of anilines is 1. The molecule has 1 amide bonds. The third kappa shape index (κ3) is 5.60. The van der Waals surface area contributed by atoms with Crippen LogP contribution in [0, 0.1) is 0 Å². The van der Waals surface area contributed by atoms with E-state index in [1.807, 2.05) is 50.2 Å². The lowest BCUT2D eigenvalue weighted by molar-refractivity contribution is -0.125. The number of amides is 1. The second-order valence-electron chi connectivity index (χ2n) is 5.82. The number of hydrogen-bond acceptors (Lipinski definition) is 5. The molecule has 2 aromatic rings. The summed E-state index contributed by atoms with van der Waals surface area (Å²) in [6.07, 6.45) is 6.63. The zero-order chi connectivity index (χ0) is 18.2. The van der Waals surface area contributed by atoms with Crippen molar-refractivity contribution in [2.24, 2.45) is 0 Å². The zero-order valence-electron chi connectivity index (χ0n) is 15.1. The highest BCUT2D eigenvalue weighted by Gasteiger charge is 2.07. The third-order valence-electron chi connectivity index (χ3n) is 3.48. The van der Waals surface area contributed by atoms with Crippen LogP contribution in [0.3, 0.4) is 0 Å². The molecule has 1 aromatic heterocycles. The van der Waals surface area contributed by atoms with Crippen molar-refractivity contribution in [3.8, 4) is 5.75 Å². The van der Waals surface area contributed by atoms with Crippen LogP contribution in [0.4, 0.5) is 5.95 Å². The SMILES string of the molecule is CCOc1cccc(CN(C)C(=O)C=Cc2cnc(N(C)C)nc2)c1. The van der Waals surface area contributed by atoms with Crippen LogP contribution in [-0.2, 0) is 11.3 Å². The Morgan fingerprint density at radius 3 is 2.56 bits per heavy atom. The Morgan fingerprint density at radius 1 is 1.20 bits per heavy atom. The van der Waals surface area contributed by atoms with Crippen LogP contribution in [0.2, 0.25) is 0 Å². The molecule has 0 bridgehead atoms. The molecule has 6 heteroatoms. The standard InChI is InChI=1S/C19H24N4O2/c1-5-25-17-8-6-7-15(11-17)14-23(4)18(24)10-9-16-12-20-19(21-13-16)22(2)3/h6-13H,5,14H2,1-4H3. The van der Waals surface area contributed by atoms with Gasteiger partial charge in [0.25, 0.3) is 0 Å². The molecular formula is C19H24N4O2. The van der Waals surface area contributed by atoms with E-state index in [-0.39, 0.29) is 5.91 Å². The van der Waals surface area contributed by atoms with Gasteiger partial charge in [0.05, 0.1) is 6.61 Å². The van der Waals surface area contributed by atoms with Gasteiger partial charge in [-0.2, -0.15) is 0 Å². The average molecular weight is 340 g/mol. The van der Waals surface area contributed by atoms with E-state index in [1.165, 1.54) is 6.08 Å². The number of hydrogen-bond donors (Lipinski definition) is 0. The van der Waals surface area contributed by atoms with Crippen LogP contribution in [0.25, 0.3) is 6.08 Å². The quantitative estimate of drug-likeness (QED) is 0.725. The molecule has 0 saturated carbocycles. The third-order valence-corrected chi connectivity index (χ3v) is 3.48. The van der Waals surface area contributed by atoms with Gasteiger partial charge in [0.2, 0.25) is 11.9 Å². The Labute approximate surface area is 148 Å². The monoisotopic (exact) mass is 340 g/mol. The van der Waals surface area contributed by atoms with Crippen LogP contribution >= 0.6 is 0 Å². The maximum atomic E-state index is 12.3. The maximum absolute atomic E-state index is 12.3. The molecule has 0 aliphatic rings. The number of nitrogens with zero attached hydrogens (tertiary/aromatic N) is 4. The van der Waals surface area contributed by atoms with Crippen molar-refractivity contribution >= 4 is 17.9 Å². The molecule has 0 N–H and O–H groups in total. The molecule has 0 unspecified atom stereocenters. The molecule has 0 spiro atoms. The van der Waals surface area contributed by atoms with Crippen molar-refractivity contribution in [1.29, 1.82) is 0 Å². The zero-order valence-corrected chi connectivity index (χ0v) is 15.1. The molecule has 2 rings (SSSR count). The summed E-state index contributed by atoms with van der Waals surface area (Å²) in [5, 5.41) is 0. The number of ether oxygens (including phenoxy) is 1. The van der Waals surface area contributed by atoms with E-state index < -0.39 is 0 Å². The summed E-state index contributed by atoms with van der Waals surface area (Å²) in [7, 11) is 5.53. The van der Waals surface area contributed by atoms with E-state index >= 15 is 0 Å². The van der Waals surface area contributed by atoms with Crippen LogP contribution in [0.15, 0.2) is 42.7 Å². The van der Waals surface area contributed by atoms with Crippen molar-refractivity contribution in [3.63, 3.8) is 0 Å². The van der Waals surface area contributed by atoms with Crippen molar-refractivity contribution in [1.82, 2.24) is 14.9 Å². The molecule has 0 aliphatic carbocycles. The summed E-state index contributed by atoms with van der Waals surface area (Å²) in [6.45, 7) is 3.08. The predicted octanol–water partition coefficient (Wildman–Crippen LogP) is 2.61. The number of rotatable bonds is 7.